The summed E-state index contributed by atoms with van der Waals surface area (Å²) in [7, 11) is -1.00. The lowest BCUT2D eigenvalue weighted by atomic mass is 9.86. The molecule has 4 atom stereocenters. The van der Waals surface area contributed by atoms with Gasteiger partial charge in [0.05, 0.1) is 16.8 Å². The molecule has 1 aromatic rings. The second-order valence-electron chi connectivity index (χ2n) is 8.07. The van der Waals surface area contributed by atoms with Gasteiger partial charge in [-0.1, -0.05) is 31.5 Å². The first-order valence-corrected chi connectivity index (χ1v) is 12.5. The van der Waals surface area contributed by atoms with E-state index >= 15 is 0 Å². The molecule has 1 saturated heterocycles. The number of hydrogen-bond acceptors (Lipinski definition) is 6. The molecule has 4 unspecified atom stereocenters. The highest BCUT2D eigenvalue weighted by atomic mass is 32.2. The fourth-order valence-electron chi connectivity index (χ4n) is 3.96. The van der Waals surface area contributed by atoms with Crippen LogP contribution >= 0.6 is 11.8 Å². The molecular weight excluding hydrogens is 384 g/mol. The second-order valence-corrected chi connectivity index (χ2v) is 11.6. The number of amides is 1. The molecule has 9 heteroatoms. The van der Waals surface area contributed by atoms with E-state index < -0.39 is 9.84 Å². The van der Waals surface area contributed by atoms with E-state index in [1.54, 1.807) is 0 Å². The Morgan fingerprint density at radius 2 is 2.04 bits per heavy atom. The van der Waals surface area contributed by atoms with Crippen molar-refractivity contribution in [3.05, 3.63) is 5.82 Å². The van der Waals surface area contributed by atoms with Gasteiger partial charge in [-0.25, -0.2) is 8.42 Å². The molecule has 1 amide bonds. The minimum absolute atomic E-state index is 0.0465. The van der Waals surface area contributed by atoms with Crippen molar-refractivity contribution >= 4 is 27.5 Å². The predicted molar refractivity (Wildman–Crippen MR) is 106 cm³/mol. The summed E-state index contributed by atoms with van der Waals surface area (Å²) in [4.78, 5) is 12.6. The molecule has 1 aliphatic heterocycles. The number of thioether (sulfide) groups is 1. The highest BCUT2D eigenvalue weighted by molar-refractivity contribution is 8.00. The van der Waals surface area contributed by atoms with E-state index in [2.05, 4.69) is 22.4 Å². The lowest BCUT2D eigenvalue weighted by Crippen LogP contribution is -2.44. The fraction of sp³-hybridized carbons (Fsp3) is 0.833. The zero-order valence-electron chi connectivity index (χ0n) is 16.3. The van der Waals surface area contributed by atoms with E-state index in [4.69, 9.17) is 0 Å². The van der Waals surface area contributed by atoms with E-state index in [9.17, 15) is 13.2 Å². The summed E-state index contributed by atoms with van der Waals surface area (Å²) in [5.74, 6) is 1.99. The Hall–Kier alpha value is -1.09. The van der Waals surface area contributed by atoms with Gasteiger partial charge in [-0.3, -0.25) is 4.79 Å². The summed E-state index contributed by atoms with van der Waals surface area (Å²) >= 11 is 1.41. The first-order chi connectivity index (χ1) is 12.7. The molecule has 1 saturated carbocycles. The van der Waals surface area contributed by atoms with Gasteiger partial charge in [-0.2, -0.15) is 0 Å². The van der Waals surface area contributed by atoms with Gasteiger partial charge in [-0.05, 0) is 38.0 Å². The third kappa shape index (κ3) is 5.25. The van der Waals surface area contributed by atoms with Crippen LogP contribution in [-0.4, -0.2) is 51.9 Å². The SMILES string of the molecule is CC(Sc1nnc(CC2CCS(=O)(=O)C2)n1C)C(=O)NC1CCCCC1C. The van der Waals surface area contributed by atoms with Gasteiger partial charge in [0.15, 0.2) is 15.0 Å². The third-order valence-electron chi connectivity index (χ3n) is 5.81. The molecular formula is C18H30N4O3S2. The number of nitrogens with one attached hydrogen (secondary N) is 1. The van der Waals surface area contributed by atoms with Crippen LogP contribution in [0.2, 0.25) is 0 Å². The minimum Gasteiger partial charge on any atom is -0.352 e. The topological polar surface area (TPSA) is 93.9 Å². The van der Waals surface area contributed by atoms with Crippen molar-refractivity contribution in [2.24, 2.45) is 18.9 Å². The van der Waals surface area contributed by atoms with Gasteiger partial charge in [-0.15, -0.1) is 10.2 Å². The van der Waals surface area contributed by atoms with Gasteiger partial charge in [0, 0.05) is 19.5 Å². The Morgan fingerprint density at radius 1 is 1.30 bits per heavy atom. The van der Waals surface area contributed by atoms with Crippen molar-refractivity contribution in [1.82, 2.24) is 20.1 Å². The van der Waals surface area contributed by atoms with Gasteiger partial charge in [0.2, 0.25) is 5.91 Å². The minimum atomic E-state index is -2.89. The number of rotatable bonds is 6. The Balaban J connectivity index is 1.55. The number of nitrogens with zero attached hydrogens (tertiary/aromatic N) is 3. The van der Waals surface area contributed by atoms with Crippen LogP contribution in [0, 0.1) is 11.8 Å². The largest absolute Gasteiger partial charge is 0.352 e. The Labute approximate surface area is 166 Å². The van der Waals surface area contributed by atoms with Crippen LogP contribution in [0.25, 0.3) is 0 Å². The second kappa shape index (κ2) is 8.51. The fourth-order valence-corrected chi connectivity index (χ4v) is 6.66. The van der Waals surface area contributed by atoms with Gasteiger partial charge in [0.25, 0.3) is 0 Å². The Bertz CT molecular complexity index is 778. The van der Waals surface area contributed by atoms with Crippen LogP contribution in [0.15, 0.2) is 5.16 Å². The molecule has 0 radical (unpaired) electrons. The zero-order chi connectivity index (χ0) is 19.6. The molecule has 0 spiro atoms. The average molecular weight is 415 g/mol. The van der Waals surface area contributed by atoms with Crippen molar-refractivity contribution < 1.29 is 13.2 Å². The molecule has 1 aromatic heterocycles. The van der Waals surface area contributed by atoms with E-state index in [0.717, 1.165) is 12.2 Å². The van der Waals surface area contributed by atoms with Crippen LogP contribution < -0.4 is 5.32 Å². The summed E-state index contributed by atoms with van der Waals surface area (Å²) < 4.78 is 25.2. The zero-order valence-corrected chi connectivity index (χ0v) is 18.0. The van der Waals surface area contributed by atoms with Crippen molar-refractivity contribution in [2.45, 2.75) is 68.8 Å². The smallest absolute Gasteiger partial charge is 0.233 e. The van der Waals surface area contributed by atoms with Crippen molar-refractivity contribution in [2.75, 3.05) is 11.5 Å². The molecule has 1 aliphatic carbocycles. The lowest BCUT2D eigenvalue weighted by molar-refractivity contribution is -0.121. The Kier molecular flexibility index (Phi) is 6.50. The highest BCUT2D eigenvalue weighted by Crippen LogP contribution is 2.27. The summed E-state index contributed by atoms with van der Waals surface area (Å²) in [5.41, 5.74) is 0. The monoisotopic (exact) mass is 414 g/mol. The van der Waals surface area contributed by atoms with Crippen molar-refractivity contribution in [3.63, 3.8) is 0 Å². The maximum Gasteiger partial charge on any atom is 0.233 e. The van der Waals surface area contributed by atoms with Crippen LogP contribution in [0.5, 0.6) is 0 Å². The molecule has 1 N–H and O–H groups in total. The van der Waals surface area contributed by atoms with Gasteiger partial charge < -0.3 is 9.88 Å². The number of hydrogen-bond donors (Lipinski definition) is 1. The number of carbonyl (C=O) groups excluding carboxylic acids is 1. The van der Waals surface area contributed by atoms with Crippen molar-refractivity contribution in [3.8, 4) is 0 Å². The first-order valence-electron chi connectivity index (χ1n) is 9.81. The van der Waals surface area contributed by atoms with Crippen LogP contribution in [0.1, 0.15) is 51.8 Å². The normalized spacial score (nSPS) is 28.8. The summed E-state index contributed by atoms with van der Waals surface area (Å²) in [6.07, 6.45) is 5.97. The number of sulfone groups is 1. The highest BCUT2D eigenvalue weighted by Gasteiger charge is 2.30. The van der Waals surface area contributed by atoms with E-state index in [1.807, 2.05) is 18.5 Å². The molecule has 0 aromatic carbocycles. The Morgan fingerprint density at radius 3 is 2.70 bits per heavy atom. The summed E-state index contributed by atoms with van der Waals surface area (Å²) in [6.45, 7) is 4.10. The van der Waals surface area contributed by atoms with Crippen LogP contribution in [-0.2, 0) is 28.1 Å². The molecule has 7 nitrogen and oxygen atoms in total. The standard InChI is InChI=1S/C18H30N4O3S2/c1-12-6-4-5-7-15(12)19-17(23)13(2)26-18-21-20-16(22(18)3)10-14-8-9-27(24,25)11-14/h12-15H,4-11H2,1-3H3,(H,19,23). The molecule has 3 rings (SSSR count). The van der Waals surface area contributed by atoms with E-state index in [-0.39, 0.29) is 34.6 Å². The van der Waals surface area contributed by atoms with Gasteiger partial charge in [0.1, 0.15) is 5.82 Å². The first kappa shape index (κ1) is 20.6. The van der Waals surface area contributed by atoms with E-state index in [1.165, 1.54) is 31.0 Å². The van der Waals surface area contributed by atoms with Crippen molar-refractivity contribution in [1.29, 1.82) is 0 Å². The van der Waals surface area contributed by atoms with Crippen LogP contribution in [0.3, 0.4) is 0 Å². The third-order valence-corrected chi connectivity index (χ3v) is 8.78. The van der Waals surface area contributed by atoms with Gasteiger partial charge >= 0.3 is 0 Å². The quantitative estimate of drug-likeness (QED) is 0.715. The number of aromatic nitrogens is 3. The molecule has 27 heavy (non-hydrogen) atoms. The molecule has 2 fully saturated rings. The maximum atomic E-state index is 12.6. The molecule has 2 heterocycles. The average Bonchev–Trinajstić information content (AvgIpc) is 3.13. The molecule has 0 bridgehead atoms. The summed E-state index contributed by atoms with van der Waals surface area (Å²) in [6, 6.07) is 0.272. The summed E-state index contributed by atoms with van der Waals surface area (Å²) in [5, 5.41) is 12.1. The van der Waals surface area contributed by atoms with Crippen LogP contribution in [0.4, 0.5) is 0 Å². The number of carbonyl (C=O) groups is 1. The lowest BCUT2D eigenvalue weighted by Gasteiger charge is -2.30. The maximum absolute atomic E-state index is 12.6. The predicted octanol–water partition coefficient (Wildman–Crippen LogP) is 1.97. The molecule has 2 aliphatic rings. The van der Waals surface area contributed by atoms with E-state index in [0.29, 0.717) is 23.9 Å². The molecule has 152 valence electrons.